The number of nitrogens with zero attached hydrogens (tertiary/aromatic N) is 2. The standard InChI is InChI=1S/C15H18Cl2N4O3S/c1-4-9(2)20-25(23,24)11-8-21(3)14(13(11)17)15(22)19-10-5-6-18-12(16)7-10/h5-9,20H,4H2,1-3H3,(H,18,19,22)/t9-/m1/s1. The Morgan fingerprint density at radius 2 is 2.08 bits per heavy atom. The summed E-state index contributed by atoms with van der Waals surface area (Å²) in [6.45, 7) is 3.60. The zero-order valence-electron chi connectivity index (χ0n) is 13.9. The first kappa shape index (κ1) is 19.7. The Kier molecular flexibility index (Phi) is 6.10. The van der Waals surface area contributed by atoms with Gasteiger partial charge in [-0.1, -0.05) is 30.1 Å². The van der Waals surface area contributed by atoms with E-state index in [0.29, 0.717) is 12.1 Å². The van der Waals surface area contributed by atoms with E-state index in [-0.39, 0.29) is 26.8 Å². The Labute approximate surface area is 156 Å². The van der Waals surface area contributed by atoms with Gasteiger partial charge in [-0.2, -0.15) is 0 Å². The number of hydrogen-bond donors (Lipinski definition) is 2. The lowest BCUT2D eigenvalue weighted by Crippen LogP contribution is -2.32. The smallest absolute Gasteiger partial charge is 0.273 e. The van der Waals surface area contributed by atoms with E-state index in [0.717, 1.165) is 0 Å². The molecule has 0 bridgehead atoms. The molecule has 136 valence electrons. The van der Waals surface area contributed by atoms with Crippen LogP contribution in [0.1, 0.15) is 30.8 Å². The van der Waals surface area contributed by atoms with E-state index in [4.69, 9.17) is 23.2 Å². The van der Waals surface area contributed by atoms with Crippen molar-refractivity contribution in [1.29, 1.82) is 0 Å². The minimum atomic E-state index is -3.83. The highest BCUT2D eigenvalue weighted by Gasteiger charge is 2.27. The van der Waals surface area contributed by atoms with E-state index in [1.54, 1.807) is 20.0 Å². The number of carbonyl (C=O) groups excluding carboxylic acids is 1. The van der Waals surface area contributed by atoms with Gasteiger partial charge in [0.05, 0.1) is 5.02 Å². The van der Waals surface area contributed by atoms with Crippen molar-refractivity contribution in [2.75, 3.05) is 5.32 Å². The van der Waals surface area contributed by atoms with Gasteiger partial charge in [-0.25, -0.2) is 18.1 Å². The molecule has 25 heavy (non-hydrogen) atoms. The van der Waals surface area contributed by atoms with Crippen LogP contribution >= 0.6 is 23.2 Å². The van der Waals surface area contributed by atoms with Gasteiger partial charge in [0.25, 0.3) is 5.91 Å². The minimum Gasteiger partial charge on any atom is -0.344 e. The number of halogens is 2. The first-order chi connectivity index (χ1) is 11.7. The molecule has 0 fully saturated rings. The summed E-state index contributed by atoms with van der Waals surface area (Å²) in [4.78, 5) is 16.2. The predicted octanol–water partition coefficient (Wildman–Crippen LogP) is 3.06. The van der Waals surface area contributed by atoms with Crippen molar-refractivity contribution >= 4 is 44.8 Å². The molecule has 0 saturated carbocycles. The number of carbonyl (C=O) groups is 1. The molecule has 1 atom stereocenters. The second-order valence-electron chi connectivity index (χ2n) is 5.52. The van der Waals surface area contributed by atoms with Crippen molar-refractivity contribution in [1.82, 2.24) is 14.3 Å². The number of rotatable bonds is 6. The van der Waals surface area contributed by atoms with Crippen molar-refractivity contribution in [3.05, 3.63) is 40.4 Å². The minimum absolute atomic E-state index is 0.0270. The molecule has 0 aliphatic carbocycles. The van der Waals surface area contributed by atoms with E-state index >= 15 is 0 Å². The van der Waals surface area contributed by atoms with Crippen molar-refractivity contribution < 1.29 is 13.2 Å². The van der Waals surface area contributed by atoms with E-state index < -0.39 is 15.9 Å². The van der Waals surface area contributed by atoms with Crippen molar-refractivity contribution in [3.63, 3.8) is 0 Å². The summed E-state index contributed by atoms with van der Waals surface area (Å²) < 4.78 is 28.8. The number of anilines is 1. The lowest BCUT2D eigenvalue weighted by atomic mass is 10.3. The van der Waals surface area contributed by atoms with Crippen LogP contribution in [0.3, 0.4) is 0 Å². The molecule has 0 aromatic carbocycles. The molecule has 7 nitrogen and oxygen atoms in total. The van der Waals surface area contributed by atoms with Gasteiger partial charge in [0.15, 0.2) is 0 Å². The van der Waals surface area contributed by atoms with E-state index in [1.807, 2.05) is 6.92 Å². The molecule has 0 aliphatic heterocycles. The van der Waals surface area contributed by atoms with Gasteiger partial charge in [0.1, 0.15) is 15.7 Å². The molecular weight excluding hydrogens is 387 g/mol. The van der Waals surface area contributed by atoms with E-state index in [1.165, 1.54) is 23.0 Å². The van der Waals surface area contributed by atoms with Crippen molar-refractivity contribution in [2.24, 2.45) is 7.05 Å². The van der Waals surface area contributed by atoms with Crippen LogP contribution in [0.15, 0.2) is 29.4 Å². The quantitative estimate of drug-likeness (QED) is 0.723. The molecule has 10 heteroatoms. The van der Waals surface area contributed by atoms with Crippen molar-refractivity contribution in [2.45, 2.75) is 31.2 Å². The zero-order chi connectivity index (χ0) is 18.8. The Bertz CT molecular complexity index is 896. The second-order valence-corrected chi connectivity index (χ2v) is 7.97. The normalized spacial score (nSPS) is 12.8. The third-order valence-corrected chi connectivity index (χ3v) is 5.85. The molecule has 2 aromatic rings. The zero-order valence-corrected chi connectivity index (χ0v) is 16.2. The first-order valence-electron chi connectivity index (χ1n) is 7.45. The van der Waals surface area contributed by atoms with Crippen LogP contribution in [0.4, 0.5) is 5.69 Å². The van der Waals surface area contributed by atoms with Crippen LogP contribution in [0.25, 0.3) is 0 Å². The molecular formula is C15H18Cl2N4O3S. The fourth-order valence-corrected chi connectivity index (χ4v) is 4.30. The van der Waals surface area contributed by atoms with Crippen LogP contribution < -0.4 is 10.0 Å². The largest absolute Gasteiger partial charge is 0.344 e. The van der Waals surface area contributed by atoms with Gasteiger partial charge in [-0.15, -0.1) is 0 Å². The van der Waals surface area contributed by atoms with E-state index in [9.17, 15) is 13.2 Å². The number of pyridine rings is 1. The van der Waals surface area contributed by atoms with Gasteiger partial charge in [0.2, 0.25) is 10.0 Å². The summed E-state index contributed by atoms with van der Waals surface area (Å²) in [5.74, 6) is -0.556. The summed E-state index contributed by atoms with van der Waals surface area (Å²) in [6.07, 6.45) is 3.37. The SMILES string of the molecule is CC[C@@H](C)NS(=O)(=O)c1cn(C)c(C(=O)Nc2ccnc(Cl)c2)c1Cl. The van der Waals surface area contributed by atoms with Crippen LogP contribution in [0.5, 0.6) is 0 Å². The number of sulfonamides is 1. The number of amides is 1. The highest BCUT2D eigenvalue weighted by Crippen LogP contribution is 2.28. The van der Waals surface area contributed by atoms with Crippen LogP contribution in [-0.4, -0.2) is 29.9 Å². The Morgan fingerprint density at radius 1 is 1.40 bits per heavy atom. The van der Waals surface area contributed by atoms with Crippen LogP contribution in [0, 0.1) is 0 Å². The summed E-state index contributed by atoms with van der Waals surface area (Å²) in [5, 5.41) is 2.69. The second kappa shape index (κ2) is 7.74. The average molecular weight is 405 g/mol. The summed E-state index contributed by atoms with van der Waals surface area (Å²) in [7, 11) is -2.29. The summed E-state index contributed by atoms with van der Waals surface area (Å²) in [5.41, 5.74) is 0.448. The molecule has 0 saturated heterocycles. The Hall–Kier alpha value is -1.61. The van der Waals surface area contributed by atoms with Crippen LogP contribution in [-0.2, 0) is 17.1 Å². The first-order valence-corrected chi connectivity index (χ1v) is 9.69. The third-order valence-electron chi connectivity index (χ3n) is 3.55. The highest BCUT2D eigenvalue weighted by molar-refractivity contribution is 7.89. The number of hydrogen-bond acceptors (Lipinski definition) is 4. The topological polar surface area (TPSA) is 93.1 Å². The average Bonchev–Trinajstić information content (AvgIpc) is 2.82. The van der Waals surface area contributed by atoms with Crippen molar-refractivity contribution in [3.8, 4) is 0 Å². The maximum atomic E-state index is 12.5. The lowest BCUT2D eigenvalue weighted by molar-refractivity contribution is 0.101. The monoisotopic (exact) mass is 404 g/mol. The number of nitrogens with one attached hydrogen (secondary N) is 2. The van der Waals surface area contributed by atoms with Crippen LogP contribution in [0.2, 0.25) is 10.2 Å². The molecule has 2 rings (SSSR count). The molecule has 0 radical (unpaired) electrons. The lowest BCUT2D eigenvalue weighted by Gasteiger charge is -2.11. The highest BCUT2D eigenvalue weighted by atomic mass is 35.5. The molecule has 2 heterocycles. The molecule has 2 aromatic heterocycles. The maximum Gasteiger partial charge on any atom is 0.273 e. The van der Waals surface area contributed by atoms with Gasteiger partial charge < -0.3 is 9.88 Å². The fourth-order valence-electron chi connectivity index (χ4n) is 2.10. The Morgan fingerprint density at radius 3 is 2.68 bits per heavy atom. The van der Waals surface area contributed by atoms with Gasteiger partial charge in [-0.3, -0.25) is 4.79 Å². The Balaban J connectivity index is 2.34. The molecule has 1 amide bonds. The molecule has 0 unspecified atom stereocenters. The van der Waals surface area contributed by atoms with E-state index in [2.05, 4.69) is 15.0 Å². The molecule has 2 N–H and O–H groups in total. The van der Waals surface area contributed by atoms with Gasteiger partial charge in [0, 0.05) is 31.2 Å². The number of aromatic nitrogens is 2. The maximum absolute atomic E-state index is 12.5. The van der Waals surface area contributed by atoms with Gasteiger partial charge in [-0.05, 0) is 25.5 Å². The predicted molar refractivity (Wildman–Crippen MR) is 97.7 cm³/mol. The third kappa shape index (κ3) is 4.52. The molecule has 0 spiro atoms. The number of aryl methyl sites for hydroxylation is 1. The van der Waals surface area contributed by atoms with Gasteiger partial charge >= 0.3 is 0 Å². The summed E-state index contributed by atoms with van der Waals surface area (Å²) in [6, 6.07) is 2.78. The summed E-state index contributed by atoms with van der Waals surface area (Å²) >= 11 is 12.0. The fraction of sp³-hybridized carbons (Fsp3) is 0.333. The molecule has 0 aliphatic rings.